The summed E-state index contributed by atoms with van der Waals surface area (Å²) in [5.74, 6) is 0. The lowest BCUT2D eigenvalue weighted by Crippen LogP contribution is -2.30. The number of hydrogen-bond donors (Lipinski definition) is 0. The molecule has 1 aliphatic carbocycles. The third-order valence-corrected chi connectivity index (χ3v) is 13.4. The van der Waals surface area contributed by atoms with E-state index < -0.39 is 0 Å². The van der Waals surface area contributed by atoms with E-state index >= 15 is 0 Å². The quantitative estimate of drug-likeness (QED) is 0.184. The van der Waals surface area contributed by atoms with Crippen molar-refractivity contribution in [2.45, 2.75) is 17.6 Å². The van der Waals surface area contributed by atoms with E-state index in [9.17, 15) is 0 Å². The summed E-state index contributed by atoms with van der Waals surface area (Å²) in [6, 6.07) is 49.9. The van der Waals surface area contributed by atoms with Crippen molar-refractivity contribution < 1.29 is 8.83 Å². The summed E-state index contributed by atoms with van der Waals surface area (Å²) < 4.78 is 12.6. The van der Waals surface area contributed by atoms with Crippen molar-refractivity contribution >= 4 is 78.0 Å². The zero-order chi connectivity index (χ0) is 33.7. The minimum atomic E-state index is -0.107. The number of allylic oxidation sites excluding steroid dienone is 1. The zero-order valence-electron chi connectivity index (χ0n) is 27.7. The summed E-state index contributed by atoms with van der Waals surface area (Å²) in [7, 11) is 0. The van der Waals surface area contributed by atoms with Gasteiger partial charge in [0, 0.05) is 46.9 Å². The SMILES string of the molecule is CC12C=C(c3ccc4oc5ccc(-c6ccccc6)cc5c4c3)SC1C=Cc1sc(-c3ccc4oc5ccc(-c6ccccc6)cc5c4c3)cc12. The van der Waals surface area contributed by atoms with E-state index in [1.165, 1.54) is 53.6 Å². The van der Waals surface area contributed by atoms with Crippen molar-refractivity contribution in [3.63, 3.8) is 0 Å². The van der Waals surface area contributed by atoms with Gasteiger partial charge in [-0.2, -0.15) is 0 Å². The molecule has 0 spiro atoms. The molecule has 0 saturated carbocycles. The van der Waals surface area contributed by atoms with Gasteiger partial charge in [0.1, 0.15) is 22.3 Å². The molecule has 2 nitrogen and oxygen atoms in total. The fourth-order valence-corrected chi connectivity index (χ4v) is 10.7. The van der Waals surface area contributed by atoms with Crippen molar-refractivity contribution in [3.05, 3.63) is 168 Å². The lowest BCUT2D eigenvalue weighted by Gasteiger charge is -2.31. The van der Waals surface area contributed by atoms with Crippen molar-refractivity contribution in [1.29, 1.82) is 0 Å². The van der Waals surface area contributed by atoms with Crippen LogP contribution in [0.1, 0.15) is 22.9 Å². The standard InChI is InChI=1S/C47H30O2S2/c1-47-27-45(33-15-19-42-37(25-33)35-23-31(13-17-40(35)49-42)29-10-6-3-7-11-29)51-46(47)21-20-43-38(47)26-44(50-43)32-14-18-41-36(24-32)34-22-30(12-16-39(34)48-41)28-8-4-2-5-9-28/h2-27,46H,1H3. The Bertz CT molecular complexity index is 2900. The lowest BCUT2D eigenvalue weighted by atomic mass is 9.76. The molecule has 2 aliphatic rings. The molecule has 2 atom stereocenters. The molecule has 0 amide bonds. The number of hydrogen-bond acceptors (Lipinski definition) is 4. The second-order valence-corrected chi connectivity index (χ2v) is 16.1. The first kappa shape index (κ1) is 29.2. The van der Waals surface area contributed by atoms with Crippen LogP contribution in [-0.2, 0) is 5.41 Å². The average molecular weight is 691 g/mol. The van der Waals surface area contributed by atoms with Gasteiger partial charge in [0.2, 0.25) is 0 Å². The molecule has 0 fully saturated rings. The maximum absolute atomic E-state index is 6.30. The van der Waals surface area contributed by atoms with E-state index in [0.29, 0.717) is 5.25 Å². The number of benzene rings is 6. The maximum atomic E-state index is 6.30. The first-order valence-electron chi connectivity index (χ1n) is 17.3. The van der Waals surface area contributed by atoms with Gasteiger partial charge in [0.25, 0.3) is 0 Å². The molecule has 0 saturated heterocycles. The van der Waals surface area contributed by atoms with Gasteiger partial charge in [-0.15, -0.1) is 23.1 Å². The summed E-state index contributed by atoms with van der Waals surface area (Å²) in [5, 5.41) is 4.96. The predicted octanol–water partition coefficient (Wildman–Crippen LogP) is 14.0. The minimum Gasteiger partial charge on any atom is -0.456 e. The van der Waals surface area contributed by atoms with Gasteiger partial charge >= 0.3 is 0 Å². The Hall–Kier alpha value is -5.55. The van der Waals surface area contributed by atoms with Gasteiger partial charge in [0.05, 0.1) is 0 Å². The molecule has 4 heterocycles. The molecular weight excluding hydrogens is 661 g/mol. The van der Waals surface area contributed by atoms with Gasteiger partial charge in [-0.3, -0.25) is 0 Å². The molecule has 6 aromatic carbocycles. The first-order chi connectivity index (χ1) is 25.1. The zero-order valence-corrected chi connectivity index (χ0v) is 29.4. The second kappa shape index (κ2) is 11.0. The summed E-state index contributed by atoms with van der Waals surface area (Å²) in [4.78, 5) is 3.95. The van der Waals surface area contributed by atoms with Crippen molar-refractivity contribution in [2.75, 3.05) is 0 Å². The highest BCUT2D eigenvalue weighted by Crippen LogP contribution is 2.56. The largest absolute Gasteiger partial charge is 0.456 e. The highest BCUT2D eigenvalue weighted by molar-refractivity contribution is 8.09. The van der Waals surface area contributed by atoms with Crippen LogP contribution < -0.4 is 0 Å². The van der Waals surface area contributed by atoms with Crippen molar-refractivity contribution in [2.24, 2.45) is 0 Å². The van der Waals surface area contributed by atoms with Crippen LogP contribution in [0.15, 0.2) is 161 Å². The molecule has 3 aromatic heterocycles. The maximum Gasteiger partial charge on any atom is 0.135 e. The fraction of sp³-hybridized carbons (Fsp3) is 0.0638. The van der Waals surface area contributed by atoms with Crippen molar-refractivity contribution in [3.8, 4) is 32.7 Å². The van der Waals surface area contributed by atoms with Gasteiger partial charge in [-0.1, -0.05) is 97.9 Å². The molecule has 0 radical (unpaired) electrons. The van der Waals surface area contributed by atoms with Crippen LogP contribution in [0.5, 0.6) is 0 Å². The summed E-state index contributed by atoms with van der Waals surface area (Å²) in [5.41, 5.74) is 12.3. The van der Waals surface area contributed by atoms with Crippen LogP contribution in [0.4, 0.5) is 0 Å². The molecule has 11 rings (SSSR count). The Labute approximate surface area is 303 Å². The topological polar surface area (TPSA) is 26.3 Å². The van der Waals surface area contributed by atoms with Crippen LogP contribution >= 0.6 is 23.1 Å². The van der Waals surface area contributed by atoms with Gasteiger partial charge in [0.15, 0.2) is 0 Å². The normalized spacial score (nSPS) is 18.1. The molecule has 4 heteroatoms. The second-order valence-electron chi connectivity index (χ2n) is 13.9. The van der Waals surface area contributed by atoms with E-state index in [1.54, 1.807) is 0 Å². The van der Waals surface area contributed by atoms with Crippen molar-refractivity contribution in [1.82, 2.24) is 0 Å². The van der Waals surface area contributed by atoms with Crippen LogP contribution in [-0.4, -0.2) is 5.25 Å². The highest BCUT2D eigenvalue weighted by Gasteiger charge is 2.43. The van der Waals surface area contributed by atoms with Crippen LogP contribution in [0.25, 0.3) is 87.6 Å². The third kappa shape index (κ3) is 4.57. The Balaban J connectivity index is 0.965. The highest BCUT2D eigenvalue weighted by atomic mass is 32.2. The molecular formula is C47H30O2S2. The summed E-state index contributed by atoms with van der Waals surface area (Å²) in [6.07, 6.45) is 7.26. The molecule has 0 bridgehead atoms. The van der Waals surface area contributed by atoms with E-state index in [4.69, 9.17) is 8.83 Å². The Kier molecular flexibility index (Phi) is 6.28. The lowest BCUT2D eigenvalue weighted by molar-refractivity contribution is 0.627. The Morgan fingerprint density at radius 2 is 1.00 bits per heavy atom. The number of fused-ring (bicyclic) bond motifs is 9. The number of furan rings is 2. The molecule has 51 heavy (non-hydrogen) atoms. The van der Waals surface area contributed by atoms with Crippen LogP contribution in [0.3, 0.4) is 0 Å². The van der Waals surface area contributed by atoms with E-state index in [0.717, 1.165) is 43.9 Å². The Morgan fingerprint density at radius 3 is 1.57 bits per heavy atom. The summed E-state index contributed by atoms with van der Waals surface area (Å²) in [6.45, 7) is 2.41. The summed E-state index contributed by atoms with van der Waals surface area (Å²) >= 11 is 3.86. The molecule has 2 unspecified atom stereocenters. The van der Waals surface area contributed by atoms with E-state index in [1.807, 2.05) is 23.1 Å². The molecule has 1 aliphatic heterocycles. The monoisotopic (exact) mass is 690 g/mol. The average Bonchev–Trinajstić information content (AvgIpc) is 3.96. The van der Waals surface area contributed by atoms with Gasteiger partial charge < -0.3 is 8.83 Å². The third-order valence-electron chi connectivity index (χ3n) is 10.8. The molecule has 9 aromatic rings. The molecule has 0 N–H and O–H groups in total. The Morgan fingerprint density at radius 1 is 0.510 bits per heavy atom. The number of thiophene rings is 1. The van der Waals surface area contributed by atoms with E-state index in [-0.39, 0.29) is 5.41 Å². The predicted molar refractivity (Wildman–Crippen MR) is 217 cm³/mol. The smallest absolute Gasteiger partial charge is 0.135 e. The number of thioether (sulfide) groups is 1. The van der Waals surface area contributed by atoms with Crippen LogP contribution in [0, 0.1) is 0 Å². The number of rotatable bonds is 4. The van der Waals surface area contributed by atoms with Gasteiger partial charge in [-0.25, -0.2) is 0 Å². The first-order valence-corrected chi connectivity index (χ1v) is 19.0. The molecule has 242 valence electrons. The minimum absolute atomic E-state index is 0.107. The van der Waals surface area contributed by atoms with Crippen LogP contribution in [0.2, 0.25) is 0 Å². The van der Waals surface area contributed by atoms with E-state index in [2.05, 4.69) is 165 Å². The fourth-order valence-electron chi connectivity index (χ4n) is 8.02. The van der Waals surface area contributed by atoms with Gasteiger partial charge in [-0.05, 0) is 106 Å².